The zero-order chi connectivity index (χ0) is 23.3. The lowest BCUT2D eigenvalue weighted by Gasteiger charge is -2.33. The molecular weight excluding hydrogens is 417 g/mol. The van der Waals surface area contributed by atoms with Gasteiger partial charge in [0.1, 0.15) is 6.23 Å². The highest BCUT2D eigenvalue weighted by atomic mass is 19.4. The van der Waals surface area contributed by atoms with Crippen molar-refractivity contribution in [3.05, 3.63) is 64.2 Å². The Morgan fingerprint density at radius 2 is 2.00 bits per heavy atom. The van der Waals surface area contributed by atoms with Crippen molar-refractivity contribution in [2.24, 2.45) is 0 Å². The maximum atomic E-state index is 13.4. The molecule has 1 saturated heterocycles. The van der Waals surface area contributed by atoms with Gasteiger partial charge in [-0.2, -0.15) is 13.2 Å². The Kier molecular flexibility index (Phi) is 5.74. The molecule has 0 aromatic heterocycles. The quantitative estimate of drug-likeness (QED) is 0.694. The largest absolute Gasteiger partial charge is 0.416 e. The average molecular weight is 447 g/mol. The van der Waals surface area contributed by atoms with E-state index < -0.39 is 23.4 Å². The van der Waals surface area contributed by atoms with Crippen molar-refractivity contribution in [3.63, 3.8) is 0 Å². The average Bonchev–Trinajstić information content (AvgIpc) is 3.28. The molecule has 2 N–H and O–H groups in total. The first-order chi connectivity index (χ1) is 15.0. The number of amides is 1. The van der Waals surface area contributed by atoms with Crippen molar-refractivity contribution in [2.75, 3.05) is 11.4 Å². The number of alkyl halides is 3. The van der Waals surface area contributed by atoms with Crippen molar-refractivity contribution >= 4 is 11.6 Å². The summed E-state index contributed by atoms with van der Waals surface area (Å²) in [6, 6.07) is 10.0. The molecule has 4 rings (SSSR count). The number of hydrogen-bond donors (Lipinski definition) is 2. The van der Waals surface area contributed by atoms with Crippen LogP contribution in [0.5, 0.6) is 0 Å². The van der Waals surface area contributed by atoms with Gasteiger partial charge in [0.25, 0.3) is 0 Å². The maximum absolute atomic E-state index is 13.4. The predicted octanol–water partition coefficient (Wildman–Crippen LogP) is 5.01. The first kappa shape index (κ1) is 22.6. The van der Waals surface area contributed by atoms with Gasteiger partial charge >= 0.3 is 6.18 Å². The number of aryl methyl sites for hydroxylation is 2. The van der Waals surface area contributed by atoms with Gasteiger partial charge in [-0.05, 0) is 67.1 Å². The second-order valence-corrected chi connectivity index (χ2v) is 9.22. The second kappa shape index (κ2) is 8.10. The van der Waals surface area contributed by atoms with E-state index in [4.69, 9.17) is 0 Å². The van der Waals surface area contributed by atoms with Crippen LogP contribution in [-0.2, 0) is 22.8 Å². The van der Waals surface area contributed by atoms with Gasteiger partial charge in [-0.1, -0.05) is 31.5 Å². The summed E-state index contributed by atoms with van der Waals surface area (Å²) in [4.78, 5) is 13.7. The molecule has 0 bridgehead atoms. The van der Waals surface area contributed by atoms with Crippen molar-refractivity contribution in [1.82, 2.24) is 5.32 Å². The summed E-state index contributed by atoms with van der Waals surface area (Å²) in [6.45, 7) is 5.85. The van der Waals surface area contributed by atoms with Crippen LogP contribution in [0.2, 0.25) is 0 Å². The molecule has 7 heteroatoms. The molecule has 2 aromatic carbocycles. The van der Waals surface area contributed by atoms with E-state index in [-0.39, 0.29) is 11.9 Å². The van der Waals surface area contributed by atoms with Gasteiger partial charge in [-0.25, -0.2) is 0 Å². The molecule has 2 aliphatic rings. The van der Waals surface area contributed by atoms with E-state index in [0.29, 0.717) is 30.5 Å². The van der Waals surface area contributed by atoms with E-state index in [2.05, 4.69) is 5.32 Å². The van der Waals surface area contributed by atoms with E-state index in [1.165, 1.54) is 6.07 Å². The summed E-state index contributed by atoms with van der Waals surface area (Å²) in [5.74, 6) is 0.0223. The molecule has 0 spiro atoms. The smallest absolute Gasteiger partial charge is 0.373 e. The highest BCUT2D eigenvalue weighted by molar-refractivity contribution is 5.76. The van der Waals surface area contributed by atoms with Crippen LogP contribution in [0, 0.1) is 6.92 Å². The monoisotopic (exact) mass is 446 g/mol. The van der Waals surface area contributed by atoms with E-state index >= 15 is 0 Å². The van der Waals surface area contributed by atoms with Crippen molar-refractivity contribution < 1.29 is 23.1 Å². The molecular formula is C25H29F3N2O2. The van der Waals surface area contributed by atoms with Crippen LogP contribution in [0.4, 0.5) is 18.9 Å². The third kappa shape index (κ3) is 3.98. The lowest BCUT2D eigenvalue weighted by atomic mass is 9.79. The Bertz CT molecular complexity index is 1040. The lowest BCUT2D eigenvalue weighted by molar-refractivity contribution is -0.137. The Morgan fingerprint density at radius 3 is 2.69 bits per heavy atom. The van der Waals surface area contributed by atoms with Gasteiger partial charge in [0, 0.05) is 24.1 Å². The van der Waals surface area contributed by atoms with Gasteiger partial charge in [0.2, 0.25) is 5.91 Å². The minimum Gasteiger partial charge on any atom is -0.373 e. The first-order valence-electron chi connectivity index (χ1n) is 11.1. The molecule has 2 aromatic rings. The van der Waals surface area contributed by atoms with Gasteiger partial charge in [-0.15, -0.1) is 0 Å². The molecule has 1 aliphatic heterocycles. The van der Waals surface area contributed by atoms with Gasteiger partial charge in [-0.3, -0.25) is 4.79 Å². The third-order valence-corrected chi connectivity index (χ3v) is 6.99. The van der Waals surface area contributed by atoms with Crippen LogP contribution < -0.4 is 10.2 Å². The second-order valence-electron chi connectivity index (χ2n) is 9.22. The molecule has 1 heterocycles. The van der Waals surface area contributed by atoms with Crippen LogP contribution in [0.3, 0.4) is 0 Å². The normalized spacial score (nSPS) is 25.2. The fourth-order valence-electron chi connectivity index (χ4n) is 5.02. The van der Waals surface area contributed by atoms with E-state index in [0.717, 1.165) is 35.7 Å². The number of aliphatic hydroxyl groups excluding tert-OH is 1. The molecule has 4 nitrogen and oxygen atoms in total. The van der Waals surface area contributed by atoms with Gasteiger partial charge < -0.3 is 15.3 Å². The van der Waals surface area contributed by atoms with Gasteiger partial charge in [0.05, 0.1) is 11.6 Å². The summed E-state index contributed by atoms with van der Waals surface area (Å²) >= 11 is 0. The third-order valence-electron chi connectivity index (χ3n) is 6.99. The number of carbonyl (C=O) groups excluding carboxylic acids is 1. The summed E-state index contributed by atoms with van der Waals surface area (Å²) in [7, 11) is 0. The number of aliphatic hydroxyl groups is 1. The number of nitrogens with one attached hydrogen (secondary N) is 1. The standard InChI is InChI=1S/C25H29F3N2O2/c1-4-22(31)29-21-8-5-16-13-19(6-7-20(16)21)30-10-9-24(3,23(30)32)17-11-15(2)12-18(14-17)25(26,27)28/h6-7,11-14,21,23,32H,4-5,8-10H2,1-3H3,(H,29,31). The number of nitrogens with zero attached hydrogens (tertiary/aromatic N) is 1. The predicted molar refractivity (Wildman–Crippen MR) is 117 cm³/mol. The van der Waals surface area contributed by atoms with Crippen LogP contribution in [-0.4, -0.2) is 23.8 Å². The van der Waals surface area contributed by atoms with E-state index in [1.54, 1.807) is 13.0 Å². The van der Waals surface area contributed by atoms with E-state index in [1.807, 2.05) is 36.9 Å². The Labute approximate surface area is 186 Å². The fraction of sp³-hybridized carbons (Fsp3) is 0.480. The molecule has 0 radical (unpaired) electrons. The Morgan fingerprint density at radius 1 is 1.25 bits per heavy atom. The topological polar surface area (TPSA) is 52.6 Å². The molecule has 0 saturated carbocycles. The summed E-state index contributed by atoms with van der Waals surface area (Å²) in [6.07, 6.45) is -2.71. The number of rotatable bonds is 4. The van der Waals surface area contributed by atoms with Crippen LogP contribution in [0.15, 0.2) is 36.4 Å². The van der Waals surface area contributed by atoms with Crippen molar-refractivity contribution in [3.8, 4) is 0 Å². The highest BCUT2D eigenvalue weighted by Crippen LogP contribution is 2.44. The summed E-state index contributed by atoms with van der Waals surface area (Å²) in [5.41, 5.74) is 2.62. The minimum absolute atomic E-state index is 0.00773. The number of carbonyl (C=O) groups is 1. The summed E-state index contributed by atoms with van der Waals surface area (Å²) < 4.78 is 40.1. The molecule has 172 valence electrons. The number of halogens is 3. The number of anilines is 1. The van der Waals surface area contributed by atoms with Gasteiger partial charge in [0.15, 0.2) is 0 Å². The zero-order valence-corrected chi connectivity index (χ0v) is 18.6. The van der Waals surface area contributed by atoms with Crippen molar-refractivity contribution in [2.45, 2.75) is 70.3 Å². The fourth-order valence-corrected chi connectivity index (χ4v) is 5.02. The number of hydrogen-bond acceptors (Lipinski definition) is 3. The molecule has 1 aliphatic carbocycles. The Balaban J connectivity index is 1.60. The highest BCUT2D eigenvalue weighted by Gasteiger charge is 2.45. The Hall–Kier alpha value is -2.54. The van der Waals surface area contributed by atoms with Crippen LogP contribution in [0.25, 0.3) is 0 Å². The first-order valence-corrected chi connectivity index (χ1v) is 11.1. The SMILES string of the molecule is CCC(=O)NC1CCc2cc(N3CCC(C)(c4cc(C)cc(C(F)(F)F)c4)C3O)ccc21. The van der Waals surface area contributed by atoms with Crippen LogP contribution >= 0.6 is 0 Å². The molecule has 3 unspecified atom stereocenters. The summed E-state index contributed by atoms with van der Waals surface area (Å²) in [5, 5.41) is 14.3. The molecule has 32 heavy (non-hydrogen) atoms. The van der Waals surface area contributed by atoms with Crippen molar-refractivity contribution in [1.29, 1.82) is 0 Å². The van der Waals surface area contributed by atoms with Crippen LogP contribution in [0.1, 0.15) is 67.0 Å². The van der Waals surface area contributed by atoms with E-state index in [9.17, 15) is 23.1 Å². The maximum Gasteiger partial charge on any atom is 0.416 e. The molecule has 1 amide bonds. The minimum atomic E-state index is -4.43. The molecule has 1 fully saturated rings. The lowest BCUT2D eigenvalue weighted by Crippen LogP contribution is -2.41. The number of fused-ring (bicyclic) bond motifs is 1. The number of benzene rings is 2. The molecule has 3 atom stereocenters. The zero-order valence-electron chi connectivity index (χ0n) is 18.6.